The van der Waals surface area contributed by atoms with Crippen LogP contribution >= 0.6 is 114 Å². The molecule has 0 radical (unpaired) electrons. The number of thiophene rings is 6. The topological polar surface area (TPSA) is 213 Å². The maximum Gasteiger partial charge on any atom is 0.362 e. The third-order valence-electron chi connectivity index (χ3n) is 17.2. The van der Waals surface area contributed by atoms with Crippen LogP contribution in [0.3, 0.4) is 0 Å². The molecule has 32 heteroatoms. The summed E-state index contributed by atoms with van der Waals surface area (Å²) in [5.74, 6) is 0. The molecule has 0 N–H and O–H groups in total. The summed E-state index contributed by atoms with van der Waals surface area (Å²) in [6.45, 7) is 41.1. The minimum Gasteiger partial charge on any atom is -0.305 e. The van der Waals surface area contributed by atoms with E-state index in [-0.39, 0.29) is 26.4 Å². The zero-order valence-corrected chi connectivity index (χ0v) is 82.4. The molecule has 0 spiro atoms. The molecule has 6 rings (SSSR count). The average molecular weight is 1910 g/mol. The molecule has 0 saturated heterocycles. The van der Waals surface area contributed by atoms with Gasteiger partial charge < -0.3 is 18.1 Å². The second-order valence-electron chi connectivity index (χ2n) is 24.8. The summed E-state index contributed by atoms with van der Waals surface area (Å²) in [7, 11) is -20.8. The van der Waals surface area contributed by atoms with Crippen LogP contribution in [0.5, 0.6) is 0 Å². The predicted octanol–water partition coefficient (Wildman–Crippen LogP) is 24.2. The van der Waals surface area contributed by atoms with Gasteiger partial charge in [0.25, 0.3) is 0 Å². The third kappa shape index (κ3) is 26.6. The number of unbranched alkanes of at least 4 members (excludes halogenated alkanes) is 6. The zero-order valence-electron chi connectivity index (χ0n) is 66.4. The molecule has 600 valence electrons. The van der Waals surface area contributed by atoms with Crippen molar-refractivity contribution in [1.82, 2.24) is 0 Å². The number of hydrogen-bond acceptors (Lipinski definition) is 24. The van der Waals surface area contributed by atoms with Crippen molar-refractivity contribution in [1.29, 1.82) is 0 Å². The monoisotopic (exact) mass is 1910 g/mol. The van der Waals surface area contributed by atoms with Crippen LogP contribution in [0.1, 0.15) is 207 Å². The van der Waals surface area contributed by atoms with Crippen molar-refractivity contribution in [2.45, 2.75) is 235 Å². The molecule has 0 aliphatic carbocycles. The minimum atomic E-state index is -3.54. The van der Waals surface area contributed by atoms with Gasteiger partial charge in [-0.1, -0.05) is 0 Å². The Morgan fingerprint density at radius 1 is 0.295 bits per heavy atom. The number of aryl methyl sites for hydroxylation is 1. The van der Waals surface area contributed by atoms with Crippen LogP contribution in [0.4, 0.5) is 0 Å². The van der Waals surface area contributed by atoms with Crippen LogP contribution in [-0.2, 0) is 81.7 Å². The van der Waals surface area contributed by atoms with Gasteiger partial charge in [0.1, 0.15) is 0 Å². The van der Waals surface area contributed by atoms with Crippen molar-refractivity contribution in [3.05, 3.63) is 57.4 Å². The Hall–Kier alpha value is 0.697. The Kier molecular flexibility index (Phi) is 46.3. The van der Waals surface area contributed by atoms with Gasteiger partial charge in [-0.15, -0.1) is 22.7 Å². The van der Waals surface area contributed by atoms with Gasteiger partial charge in [0, 0.05) is 10.3 Å². The van der Waals surface area contributed by atoms with Crippen molar-refractivity contribution in [3.8, 4) is 29.3 Å². The van der Waals surface area contributed by atoms with E-state index in [2.05, 4.69) is 47.6 Å². The molecule has 0 amide bonds. The van der Waals surface area contributed by atoms with Crippen LogP contribution in [0.2, 0.25) is 26.6 Å². The van der Waals surface area contributed by atoms with E-state index in [1.54, 1.807) is 79.2 Å². The normalized spacial score (nSPS) is 12.8. The predicted molar refractivity (Wildman–Crippen MR) is 460 cm³/mol. The maximum atomic E-state index is 14.5. The van der Waals surface area contributed by atoms with E-state index >= 15 is 0 Å². The molecule has 0 saturated carbocycles. The molecule has 18 nitrogen and oxygen atoms in total. The summed E-state index contributed by atoms with van der Waals surface area (Å²) in [6, 6.07) is 11.4. The third-order valence-corrected chi connectivity index (χ3v) is 75.4. The Balaban J connectivity index is 0.000000341. The van der Waals surface area contributed by atoms with E-state index in [1.807, 2.05) is 91.3 Å². The van der Waals surface area contributed by atoms with E-state index < -0.39 is 82.3 Å². The minimum absolute atomic E-state index is 0.284. The molecule has 0 aromatic carbocycles. The quantitative estimate of drug-likeness (QED) is 0.0256. The van der Waals surface area contributed by atoms with Gasteiger partial charge in [-0.05, 0) is 45.2 Å². The second kappa shape index (κ2) is 49.6. The molecule has 6 aromatic rings. The van der Waals surface area contributed by atoms with Gasteiger partial charge in [-0.2, -0.15) is 0 Å². The molecular formula is C73H126O18P6S6Sn2. The van der Waals surface area contributed by atoms with Gasteiger partial charge in [0.05, 0.1) is 41.9 Å². The van der Waals surface area contributed by atoms with Crippen molar-refractivity contribution >= 4 is 188 Å². The van der Waals surface area contributed by atoms with Crippen LogP contribution in [0, 0.1) is 6.92 Å². The second-order valence-corrected chi connectivity index (χ2v) is 71.0. The standard InChI is InChI=1S/C17H25O6P2S2.C16H24O6P2S2.C16H23O6P2S2.6C4H9.2Sn/c1-6-20-24(18,21-7-2)14-11-16(26-12-14)17-15(10-13(5)27-17)25(19,22-8-3)23-9-4;2*1-5-19-23(17,20-6-2)13-11-15(26-12-13)16-14(9-10-25-16)24(18,21-7-3)22-8-4;6*1-3-4-2;;/h10-11H,6-9H2,1-5H3;9-12H,5-8H2,1-4H3;9-11H,5-8H2,1-4H3;6*1,3-4H2,2H3;;. The molecule has 6 aromatic heterocycles. The fourth-order valence-corrected chi connectivity index (χ4v) is 76.3. The average Bonchev–Trinajstić information content (AvgIpc) is 1.61. The van der Waals surface area contributed by atoms with E-state index in [0.29, 0.717) is 74.1 Å². The Labute approximate surface area is 664 Å². The molecular weight excluding hydrogens is 1780 g/mol. The molecule has 0 atom stereocenters. The van der Waals surface area contributed by atoms with Gasteiger partial charge in [0.2, 0.25) is 0 Å². The van der Waals surface area contributed by atoms with Crippen molar-refractivity contribution in [2.75, 3.05) is 79.3 Å². The first-order valence-electron chi connectivity index (χ1n) is 38.3. The van der Waals surface area contributed by atoms with E-state index in [4.69, 9.17) is 54.3 Å². The first-order chi connectivity index (χ1) is 50.3. The summed E-state index contributed by atoms with van der Waals surface area (Å²) < 4.78 is 162. The first-order valence-corrected chi connectivity index (χ1v) is 67.6. The maximum absolute atomic E-state index is 14.5. The fourth-order valence-electron chi connectivity index (χ4n) is 12.7. The van der Waals surface area contributed by atoms with Gasteiger partial charge in [-0.3, -0.25) is 9.13 Å². The Morgan fingerprint density at radius 3 is 0.857 bits per heavy atom. The molecule has 0 unspecified atom stereocenters. The molecule has 0 bridgehead atoms. The van der Waals surface area contributed by atoms with Crippen molar-refractivity contribution < 1.29 is 81.7 Å². The number of hydrogen-bond donors (Lipinski definition) is 0. The smallest absolute Gasteiger partial charge is 0.305 e. The SMILES string of the molecule is CCC[CH2][Sn]([CH2]CCC)([CH2]CCC)[c]1sc(-c2sc(C)cc2P(=O)(OCC)OCC)cc1P(=O)(OCC)OCC.CCC[CH2][Sn]([CH2]CCC)([CH2]CCC)[c]1sc(-c2sccc2P(=O)(OCC)OCC)cc1P(=O)(OCC)OCC.CCOP(=O)(OCC)c1csc(-c2sccc2P(=O)(OCC)OCC)c1. The summed E-state index contributed by atoms with van der Waals surface area (Å²) >= 11 is 3.34. The van der Waals surface area contributed by atoms with E-state index in [9.17, 15) is 27.4 Å². The molecule has 0 fully saturated rings. The molecule has 6 heterocycles. The summed E-state index contributed by atoms with van der Waals surface area (Å²) in [4.78, 5) is 6.35. The van der Waals surface area contributed by atoms with Crippen LogP contribution in [-0.4, -0.2) is 116 Å². The van der Waals surface area contributed by atoms with Gasteiger partial charge in [0.15, 0.2) is 0 Å². The van der Waals surface area contributed by atoms with Gasteiger partial charge >= 0.3 is 524 Å². The Bertz CT molecular complexity index is 3670. The van der Waals surface area contributed by atoms with Crippen LogP contribution in [0.15, 0.2) is 52.5 Å². The molecule has 105 heavy (non-hydrogen) atoms. The van der Waals surface area contributed by atoms with Crippen molar-refractivity contribution in [2.24, 2.45) is 0 Å². The first kappa shape index (κ1) is 98.1. The van der Waals surface area contributed by atoms with Crippen LogP contribution in [0.25, 0.3) is 29.3 Å². The molecule has 0 aliphatic heterocycles. The number of rotatable bonds is 53. The molecule has 0 aliphatic rings. The van der Waals surface area contributed by atoms with Crippen LogP contribution < -0.4 is 37.6 Å². The zero-order chi connectivity index (χ0) is 78.0. The summed E-state index contributed by atoms with van der Waals surface area (Å²) in [5.41, 5.74) is 0. The Morgan fingerprint density at radius 2 is 0.562 bits per heavy atom. The van der Waals surface area contributed by atoms with Gasteiger partial charge in [-0.25, -0.2) is 0 Å². The van der Waals surface area contributed by atoms with Crippen molar-refractivity contribution in [3.63, 3.8) is 0 Å². The largest absolute Gasteiger partial charge is 0.362 e. The van der Waals surface area contributed by atoms with E-state index in [0.717, 1.165) is 83.3 Å². The summed E-state index contributed by atoms with van der Waals surface area (Å²) in [6.07, 6.45) is 14.1. The fraction of sp³-hybridized carbons (Fsp3) is 0.671. The van der Waals surface area contributed by atoms with E-state index in [1.165, 1.54) is 105 Å². The summed E-state index contributed by atoms with van der Waals surface area (Å²) in [5, 5.41) is 9.33.